The summed E-state index contributed by atoms with van der Waals surface area (Å²) in [5, 5.41) is 12.8. The van der Waals surface area contributed by atoms with E-state index >= 15 is 0 Å². The Morgan fingerprint density at radius 1 is 1.14 bits per heavy atom. The molecule has 0 aliphatic carbocycles. The summed E-state index contributed by atoms with van der Waals surface area (Å²) in [6.45, 7) is 1.57. The minimum absolute atomic E-state index is 0.0330. The highest BCUT2D eigenvalue weighted by molar-refractivity contribution is 5.47. The van der Waals surface area contributed by atoms with Crippen LogP contribution < -0.4 is 10.1 Å². The van der Waals surface area contributed by atoms with Crippen molar-refractivity contribution in [1.82, 2.24) is 0 Å². The van der Waals surface area contributed by atoms with Gasteiger partial charge in [-0.15, -0.1) is 0 Å². The lowest BCUT2D eigenvalue weighted by molar-refractivity contribution is 0.191. The normalized spacial score (nSPS) is 12.0. The van der Waals surface area contributed by atoms with Gasteiger partial charge in [-0.25, -0.2) is 8.78 Å². The maximum atomic E-state index is 13.7. The summed E-state index contributed by atoms with van der Waals surface area (Å²) in [4.78, 5) is 0. The molecule has 1 atom stereocenters. The molecule has 21 heavy (non-hydrogen) atoms. The zero-order valence-electron chi connectivity index (χ0n) is 11.9. The summed E-state index contributed by atoms with van der Waals surface area (Å²) in [6.07, 6.45) is -0.834. The molecule has 2 rings (SSSR count). The first-order chi connectivity index (χ1) is 10.0. The molecule has 0 saturated carbocycles. The quantitative estimate of drug-likeness (QED) is 0.887. The summed E-state index contributed by atoms with van der Waals surface area (Å²) < 4.78 is 32.1. The van der Waals surface area contributed by atoms with E-state index in [-0.39, 0.29) is 17.8 Å². The van der Waals surface area contributed by atoms with Crippen molar-refractivity contribution in [3.8, 4) is 5.75 Å². The molecule has 2 aromatic rings. The topological polar surface area (TPSA) is 41.5 Å². The molecule has 2 N–H and O–H groups in total. The number of hydrogen-bond donors (Lipinski definition) is 2. The molecule has 0 bridgehead atoms. The number of anilines is 1. The summed E-state index contributed by atoms with van der Waals surface area (Å²) in [5.41, 5.74) is 0.940. The van der Waals surface area contributed by atoms with E-state index in [1.165, 1.54) is 6.92 Å². The van der Waals surface area contributed by atoms with Gasteiger partial charge in [-0.2, -0.15) is 0 Å². The second kappa shape index (κ2) is 6.54. The third kappa shape index (κ3) is 3.70. The first kappa shape index (κ1) is 15.3. The van der Waals surface area contributed by atoms with Crippen LogP contribution in [0.2, 0.25) is 0 Å². The fourth-order valence-corrected chi connectivity index (χ4v) is 1.93. The van der Waals surface area contributed by atoms with Gasteiger partial charge in [-0.05, 0) is 36.2 Å². The third-order valence-electron chi connectivity index (χ3n) is 3.23. The molecular weight excluding hydrogens is 276 g/mol. The summed E-state index contributed by atoms with van der Waals surface area (Å²) in [7, 11) is 1.56. The maximum Gasteiger partial charge on any atom is 0.146 e. The van der Waals surface area contributed by atoms with Crippen molar-refractivity contribution in [3.63, 3.8) is 0 Å². The fourth-order valence-electron chi connectivity index (χ4n) is 1.93. The molecule has 0 spiro atoms. The summed E-state index contributed by atoms with van der Waals surface area (Å²) in [6, 6.07) is 9.10. The number of methoxy groups -OCH3 is 1. The minimum atomic E-state index is -0.834. The first-order valence-electron chi connectivity index (χ1n) is 6.53. The fraction of sp³-hybridized carbons (Fsp3) is 0.250. The van der Waals surface area contributed by atoms with Gasteiger partial charge in [0.1, 0.15) is 17.4 Å². The Labute approximate surface area is 122 Å². The molecule has 0 radical (unpaired) electrons. The molecule has 1 unspecified atom stereocenters. The van der Waals surface area contributed by atoms with Crippen molar-refractivity contribution in [1.29, 1.82) is 0 Å². The van der Waals surface area contributed by atoms with Crippen LogP contribution in [-0.2, 0) is 0 Å². The molecule has 0 fully saturated rings. The number of rotatable bonds is 5. The highest BCUT2D eigenvalue weighted by Gasteiger charge is 2.11. The average molecular weight is 293 g/mol. The molecule has 0 aliphatic heterocycles. The van der Waals surface area contributed by atoms with Gasteiger partial charge in [0.25, 0.3) is 0 Å². The zero-order chi connectivity index (χ0) is 15.4. The number of halogens is 2. The van der Waals surface area contributed by atoms with Gasteiger partial charge in [0, 0.05) is 12.6 Å². The van der Waals surface area contributed by atoms with E-state index in [1.807, 2.05) is 0 Å². The predicted molar refractivity (Wildman–Crippen MR) is 77.5 cm³/mol. The maximum absolute atomic E-state index is 13.7. The van der Waals surface area contributed by atoms with Crippen LogP contribution in [0.5, 0.6) is 5.75 Å². The van der Waals surface area contributed by atoms with E-state index in [0.717, 1.165) is 12.1 Å². The Kier molecular flexibility index (Phi) is 4.75. The number of benzene rings is 2. The van der Waals surface area contributed by atoms with Gasteiger partial charge < -0.3 is 15.2 Å². The van der Waals surface area contributed by atoms with Gasteiger partial charge in [0.15, 0.2) is 0 Å². The van der Waals surface area contributed by atoms with Crippen LogP contribution in [0, 0.1) is 18.6 Å². The van der Waals surface area contributed by atoms with Crippen LogP contribution in [0.25, 0.3) is 0 Å². The van der Waals surface area contributed by atoms with E-state index in [4.69, 9.17) is 4.74 Å². The number of ether oxygens (including phenoxy) is 1. The van der Waals surface area contributed by atoms with Crippen LogP contribution in [0.4, 0.5) is 14.5 Å². The summed E-state index contributed by atoms with van der Waals surface area (Å²) >= 11 is 0. The van der Waals surface area contributed by atoms with Crippen LogP contribution in [0.1, 0.15) is 17.2 Å². The van der Waals surface area contributed by atoms with Crippen LogP contribution >= 0.6 is 0 Å². The minimum Gasteiger partial charge on any atom is -0.497 e. The number of aliphatic hydroxyl groups excluding tert-OH is 1. The van der Waals surface area contributed by atoms with E-state index in [2.05, 4.69) is 5.32 Å². The van der Waals surface area contributed by atoms with E-state index in [0.29, 0.717) is 11.3 Å². The predicted octanol–water partition coefficient (Wildman–Crippen LogP) is 3.43. The molecule has 2 aromatic carbocycles. The second-order valence-corrected chi connectivity index (χ2v) is 4.75. The molecule has 0 aromatic heterocycles. The third-order valence-corrected chi connectivity index (χ3v) is 3.23. The lowest BCUT2D eigenvalue weighted by Crippen LogP contribution is -2.13. The molecule has 0 heterocycles. The van der Waals surface area contributed by atoms with Crippen molar-refractivity contribution in [2.24, 2.45) is 0 Å². The van der Waals surface area contributed by atoms with Crippen molar-refractivity contribution in [2.75, 3.05) is 19.0 Å². The number of nitrogens with one attached hydrogen (secondary N) is 1. The Morgan fingerprint density at radius 3 is 2.43 bits per heavy atom. The standard InChI is InChI=1S/C16H17F2NO2/c1-10-7-14(18)15(8-13(10)17)19-9-16(20)11-3-5-12(21-2)6-4-11/h3-8,16,19-20H,9H2,1-2H3. The van der Waals surface area contributed by atoms with Crippen LogP contribution in [-0.4, -0.2) is 18.8 Å². The molecular formula is C16H17F2NO2. The Hall–Kier alpha value is -2.14. The van der Waals surface area contributed by atoms with Crippen LogP contribution in [0.15, 0.2) is 36.4 Å². The van der Waals surface area contributed by atoms with Gasteiger partial charge in [-0.3, -0.25) is 0 Å². The molecule has 5 heteroatoms. The van der Waals surface area contributed by atoms with Gasteiger partial charge in [0.2, 0.25) is 0 Å². The summed E-state index contributed by atoms with van der Waals surface area (Å²) in [5.74, 6) is -0.348. The molecule has 112 valence electrons. The molecule has 0 saturated heterocycles. The SMILES string of the molecule is COc1ccc(C(O)CNc2cc(F)c(C)cc2F)cc1. The highest BCUT2D eigenvalue weighted by Crippen LogP contribution is 2.21. The van der Waals surface area contributed by atoms with Gasteiger partial charge in [-0.1, -0.05) is 12.1 Å². The van der Waals surface area contributed by atoms with E-state index < -0.39 is 17.7 Å². The Bertz CT molecular complexity index is 614. The highest BCUT2D eigenvalue weighted by atomic mass is 19.1. The smallest absolute Gasteiger partial charge is 0.146 e. The largest absolute Gasteiger partial charge is 0.497 e. The van der Waals surface area contributed by atoms with Gasteiger partial charge in [0.05, 0.1) is 18.9 Å². The average Bonchev–Trinajstić information content (AvgIpc) is 2.49. The molecule has 3 nitrogen and oxygen atoms in total. The molecule has 0 aliphatic rings. The van der Waals surface area contributed by atoms with Crippen molar-refractivity contribution < 1.29 is 18.6 Å². The van der Waals surface area contributed by atoms with E-state index in [9.17, 15) is 13.9 Å². The monoisotopic (exact) mass is 293 g/mol. The van der Waals surface area contributed by atoms with E-state index in [1.54, 1.807) is 31.4 Å². The van der Waals surface area contributed by atoms with Crippen LogP contribution in [0.3, 0.4) is 0 Å². The first-order valence-corrected chi connectivity index (χ1v) is 6.53. The molecule has 0 amide bonds. The van der Waals surface area contributed by atoms with Crippen molar-refractivity contribution >= 4 is 5.69 Å². The number of aryl methyl sites for hydroxylation is 1. The Morgan fingerprint density at radius 2 is 1.81 bits per heavy atom. The lowest BCUT2D eigenvalue weighted by atomic mass is 10.1. The lowest BCUT2D eigenvalue weighted by Gasteiger charge is -2.14. The van der Waals surface area contributed by atoms with Gasteiger partial charge >= 0.3 is 0 Å². The second-order valence-electron chi connectivity index (χ2n) is 4.75. The van der Waals surface area contributed by atoms with Crippen molar-refractivity contribution in [2.45, 2.75) is 13.0 Å². The zero-order valence-corrected chi connectivity index (χ0v) is 11.9. The Balaban J connectivity index is 2.03. The van der Waals surface area contributed by atoms with Crippen molar-refractivity contribution in [3.05, 3.63) is 59.2 Å². The number of hydrogen-bond acceptors (Lipinski definition) is 3. The number of aliphatic hydroxyl groups is 1.